The number of rotatable bonds is 6. The molecule has 0 saturated heterocycles. The number of ketones is 1. The molecule has 0 radical (unpaired) electrons. The van der Waals surface area contributed by atoms with Gasteiger partial charge in [0.15, 0.2) is 5.78 Å². The molecule has 5 nitrogen and oxygen atoms in total. The lowest BCUT2D eigenvalue weighted by Gasteiger charge is -2.29. The fraction of sp³-hybridized carbons (Fsp3) is 0.304. The van der Waals surface area contributed by atoms with Gasteiger partial charge in [0, 0.05) is 12.0 Å². The van der Waals surface area contributed by atoms with Gasteiger partial charge in [0.25, 0.3) is 0 Å². The van der Waals surface area contributed by atoms with Crippen LogP contribution in [-0.2, 0) is 14.3 Å². The van der Waals surface area contributed by atoms with Crippen LogP contribution in [0.4, 0.5) is 0 Å². The minimum Gasteiger partial charge on any atom is -0.497 e. The lowest BCUT2D eigenvalue weighted by atomic mass is 9.73. The molecule has 0 aliphatic heterocycles. The molecule has 0 unspecified atom stereocenters. The average molecular weight is 380 g/mol. The number of carbonyl (C=O) groups excluding carboxylic acids is 2. The number of carbonyl (C=O) groups is 2. The van der Waals surface area contributed by atoms with Crippen molar-refractivity contribution in [3.8, 4) is 11.5 Å². The van der Waals surface area contributed by atoms with Gasteiger partial charge in [-0.05, 0) is 48.3 Å². The van der Waals surface area contributed by atoms with Gasteiger partial charge in [-0.1, -0.05) is 30.3 Å². The quantitative estimate of drug-likeness (QED) is 0.559. The van der Waals surface area contributed by atoms with Gasteiger partial charge in [-0.25, -0.2) is 0 Å². The van der Waals surface area contributed by atoms with Crippen LogP contribution in [0.1, 0.15) is 30.4 Å². The Bertz CT molecular complexity index is 863. The van der Waals surface area contributed by atoms with E-state index in [1.54, 1.807) is 33.3 Å². The Morgan fingerprint density at radius 3 is 2.25 bits per heavy atom. The number of allylic oxidation sites excluding steroid dienone is 2. The molecule has 2 aromatic rings. The van der Waals surface area contributed by atoms with Gasteiger partial charge in [-0.15, -0.1) is 0 Å². The third kappa shape index (κ3) is 4.09. The fourth-order valence-electron chi connectivity index (χ4n) is 3.59. The summed E-state index contributed by atoms with van der Waals surface area (Å²) in [6.45, 7) is 1.99. The zero-order valence-electron chi connectivity index (χ0n) is 16.3. The number of methoxy groups -OCH3 is 2. The first-order valence-electron chi connectivity index (χ1n) is 9.26. The summed E-state index contributed by atoms with van der Waals surface area (Å²) in [5, 5.41) is 0. The third-order valence-corrected chi connectivity index (χ3v) is 4.96. The molecular formula is C23H24O5. The second-order valence-electron chi connectivity index (χ2n) is 6.62. The van der Waals surface area contributed by atoms with Crippen LogP contribution in [0, 0.1) is 5.92 Å². The standard InChI is InChI=1S/C23H24O5/c1-4-28-23(25)22-20(15-8-6-5-7-9-15)12-17(13-21(22)24)16-10-18(26-2)14-19(11-16)27-3/h5-11,13-14,20,22H,4,12H2,1-3H3/t20-,22+/m0/s1. The van der Waals surface area contributed by atoms with Crippen LogP contribution in [-0.4, -0.2) is 32.6 Å². The predicted molar refractivity (Wildman–Crippen MR) is 106 cm³/mol. The van der Waals surface area contributed by atoms with Crippen molar-refractivity contribution in [1.29, 1.82) is 0 Å². The number of hydrogen-bond donors (Lipinski definition) is 0. The average Bonchev–Trinajstić information content (AvgIpc) is 2.73. The zero-order chi connectivity index (χ0) is 20.1. The second-order valence-corrected chi connectivity index (χ2v) is 6.62. The Labute approximate surface area is 164 Å². The molecule has 0 spiro atoms. The van der Waals surface area contributed by atoms with Crippen LogP contribution in [0.5, 0.6) is 11.5 Å². The van der Waals surface area contributed by atoms with Crippen LogP contribution in [0.2, 0.25) is 0 Å². The van der Waals surface area contributed by atoms with Crippen molar-refractivity contribution in [3.63, 3.8) is 0 Å². The van der Waals surface area contributed by atoms with Crippen molar-refractivity contribution in [2.45, 2.75) is 19.3 Å². The maximum atomic E-state index is 12.9. The van der Waals surface area contributed by atoms with Crippen LogP contribution >= 0.6 is 0 Å². The highest BCUT2D eigenvalue weighted by Gasteiger charge is 2.39. The Hall–Kier alpha value is -3.08. The molecule has 0 N–H and O–H groups in total. The Kier molecular flexibility index (Phi) is 6.14. The van der Waals surface area contributed by atoms with Gasteiger partial charge in [0.05, 0.1) is 20.8 Å². The summed E-state index contributed by atoms with van der Waals surface area (Å²) in [5.41, 5.74) is 2.62. The van der Waals surface area contributed by atoms with Crippen LogP contribution < -0.4 is 9.47 Å². The Balaban J connectivity index is 2.04. The van der Waals surface area contributed by atoms with E-state index in [9.17, 15) is 9.59 Å². The number of esters is 1. The van der Waals surface area contributed by atoms with Gasteiger partial charge >= 0.3 is 5.97 Å². The summed E-state index contributed by atoms with van der Waals surface area (Å²) in [6.07, 6.45) is 2.09. The molecule has 28 heavy (non-hydrogen) atoms. The van der Waals surface area contributed by atoms with E-state index < -0.39 is 11.9 Å². The van der Waals surface area contributed by atoms with Gasteiger partial charge < -0.3 is 14.2 Å². The molecule has 0 aromatic heterocycles. The van der Waals surface area contributed by atoms with Crippen molar-refractivity contribution >= 4 is 17.3 Å². The van der Waals surface area contributed by atoms with Crippen molar-refractivity contribution in [2.24, 2.45) is 5.92 Å². The van der Waals surface area contributed by atoms with E-state index >= 15 is 0 Å². The lowest BCUT2D eigenvalue weighted by molar-refractivity contribution is -0.151. The summed E-state index contributed by atoms with van der Waals surface area (Å²) in [5.74, 6) is -0.545. The highest BCUT2D eigenvalue weighted by atomic mass is 16.5. The molecule has 146 valence electrons. The Morgan fingerprint density at radius 1 is 1.04 bits per heavy atom. The number of ether oxygens (including phenoxy) is 3. The molecule has 0 amide bonds. The number of hydrogen-bond acceptors (Lipinski definition) is 5. The van der Waals surface area contributed by atoms with E-state index in [4.69, 9.17) is 14.2 Å². The minimum atomic E-state index is -0.835. The van der Waals surface area contributed by atoms with Crippen molar-refractivity contribution < 1.29 is 23.8 Å². The molecule has 1 aliphatic rings. The minimum absolute atomic E-state index is 0.240. The van der Waals surface area contributed by atoms with Gasteiger partial charge in [-0.2, -0.15) is 0 Å². The summed E-state index contributed by atoms with van der Waals surface area (Å²) >= 11 is 0. The van der Waals surface area contributed by atoms with E-state index in [1.807, 2.05) is 42.5 Å². The maximum absolute atomic E-state index is 12.9. The zero-order valence-corrected chi connectivity index (χ0v) is 16.3. The highest BCUT2D eigenvalue weighted by Crippen LogP contribution is 2.41. The van der Waals surface area contributed by atoms with E-state index in [2.05, 4.69) is 0 Å². The van der Waals surface area contributed by atoms with Gasteiger partial charge in [0.1, 0.15) is 17.4 Å². The van der Waals surface area contributed by atoms with Crippen LogP contribution in [0.3, 0.4) is 0 Å². The van der Waals surface area contributed by atoms with Crippen molar-refractivity contribution in [2.75, 3.05) is 20.8 Å². The fourth-order valence-corrected chi connectivity index (χ4v) is 3.59. The highest BCUT2D eigenvalue weighted by molar-refractivity contribution is 6.10. The largest absolute Gasteiger partial charge is 0.497 e. The first kappa shape index (κ1) is 19.7. The molecule has 2 atom stereocenters. The molecule has 0 heterocycles. The normalized spacial score (nSPS) is 19.0. The lowest BCUT2D eigenvalue weighted by Crippen LogP contribution is -2.34. The van der Waals surface area contributed by atoms with Crippen molar-refractivity contribution in [1.82, 2.24) is 0 Å². The Morgan fingerprint density at radius 2 is 1.68 bits per heavy atom. The first-order valence-corrected chi connectivity index (χ1v) is 9.26. The molecular weight excluding hydrogens is 356 g/mol. The monoisotopic (exact) mass is 380 g/mol. The molecule has 0 saturated carbocycles. The van der Waals surface area contributed by atoms with E-state index in [0.29, 0.717) is 17.9 Å². The SMILES string of the molecule is CCOC(=O)[C@H]1C(=O)C=C(c2cc(OC)cc(OC)c2)C[C@H]1c1ccccc1. The van der Waals surface area contributed by atoms with E-state index in [0.717, 1.165) is 16.7 Å². The molecule has 5 heteroatoms. The third-order valence-electron chi connectivity index (χ3n) is 4.96. The molecule has 2 aromatic carbocycles. The van der Waals surface area contributed by atoms with Gasteiger partial charge in [-0.3, -0.25) is 9.59 Å². The predicted octanol–water partition coefficient (Wildman–Crippen LogP) is 4.02. The molecule has 1 aliphatic carbocycles. The molecule has 3 rings (SSSR count). The first-order chi connectivity index (χ1) is 13.6. The summed E-state index contributed by atoms with van der Waals surface area (Å²) < 4.78 is 15.9. The summed E-state index contributed by atoms with van der Waals surface area (Å²) in [7, 11) is 3.17. The van der Waals surface area contributed by atoms with Crippen LogP contribution in [0.25, 0.3) is 5.57 Å². The summed E-state index contributed by atoms with van der Waals surface area (Å²) in [6, 6.07) is 15.1. The molecule has 0 bridgehead atoms. The van der Waals surface area contributed by atoms with E-state index in [-0.39, 0.29) is 18.3 Å². The van der Waals surface area contributed by atoms with E-state index in [1.165, 1.54) is 0 Å². The molecule has 0 fully saturated rings. The maximum Gasteiger partial charge on any atom is 0.317 e. The second kappa shape index (κ2) is 8.74. The van der Waals surface area contributed by atoms with Crippen LogP contribution in [0.15, 0.2) is 54.6 Å². The smallest absolute Gasteiger partial charge is 0.317 e. The number of benzene rings is 2. The summed E-state index contributed by atoms with van der Waals surface area (Å²) in [4.78, 5) is 25.5. The van der Waals surface area contributed by atoms with Gasteiger partial charge in [0.2, 0.25) is 0 Å². The topological polar surface area (TPSA) is 61.8 Å². The van der Waals surface area contributed by atoms with Crippen molar-refractivity contribution in [3.05, 3.63) is 65.7 Å².